The van der Waals surface area contributed by atoms with E-state index in [4.69, 9.17) is 23.7 Å². The van der Waals surface area contributed by atoms with Crippen molar-refractivity contribution in [1.29, 1.82) is 0 Å². The molecular formula is C38H62O11. The fourth-order valence-electron chi connectivity index (χ4n) is 11.4. The van der Waals surface area contributed by atoms with Crippen LogP contribution in [0.15, 0.2) is 0 Å². The van der Waals surface area contributed by atoms with E-state index in [-0.39, 0.29) is 24.4 Å². The van der Waals surface area contributed by atoms with E-state index in [1.165, 1.54) is 33.6 Å². The van der Waals surface area contributed by atoms with Gasteiger partial charge in [-0.25, -0.2) is 0 Å². The van der Waals surface area contributed by atoms with Crippen LogP contribution in [0.25, 0.3) is 0 Å². The number of hydrogen-bond donors (Lipinski definition) is 3. The van der Waals surface area contributed by atoms with Crippen molar-refractivity contribution in [3.8, 4) is 0 Å². The molecule has 5 fully saturated rings. The van der Waals surface area contributed by atoms with E-state index in [2.05, 4.69) is 27.7 Å². The van der Waals surface area contributed by atoms with E-state index in [0.717, 1.165) is 32.1 Å². The molecule has 0 radical (unpaired) electrons. The molecule has 1 saturated heterocycles. The predicted octanol–water partition coefficient (Wildman–Crippen LogP) is 4.70. The van der Waals surface area contributed by atoms with E-state index < -0.39 is 59.8 Å². The highest BCUT2D eigenvalue weighted by atomic mass is 16.7. The largest absolute Gasteiger partial charge is 0.466 e. The molecule has 0 aromatic carbocycles. The van der Waals surface area contributed by atoms with E-state index in [1.807, 2.05) is 0 Å². The Hall–Kier alpha value is -1.79. The zero-order valence-corrected chi connectivity index (χ0v) is 30.7. The van der Waals surface area contributed by atoms with Gasteiger partial charge in [0, 0.05) is 32.6 Å². The zero-order valence-electron chi connectivity index (χ0n) is 30.7. The number of aliphatic hydroxyl groups is 3. The summed E-state index contributed by atoms with van der Waals surface area (Å²) in [4.78, 5) is 34.6. The van der Waals surface area contributed by atoms with Crippen LogP contribution >= 0.6 is 0 Å². The second kappa shape index (κ2) is 15.1. The Kier molecular flexibility index (Phi) is 11.8. The summed E-state index contributed by atoms with van der Waals surface area (Å²) in [5.74, 6) is 1.33. The zero-order chi connectivity index (χ0) is 35.9. The van der Waals surface area contributed by atoms with Gasteiger partial charge in [-0.2, -0.15) is 0 Å². The minimum absolute atomic E-state index is 0.116. The van der Waals surface area contributed by atoms with E-state index >= 15 is 0 Å². The number of ether oxygens (including phenoxy) is 5. The van der Waals surface area contributed by atoms with Crippen LogP contribution in [-0.4, -0.2) is 88.9 Å². The van der Waals surface area contributed by atoms with Crippen LogP contribution in [0.3, 0.4) is 0 Å². The summed E-state index contributed by atoms with van der Waals surface area (Å²) in [7, 11) is 0. The molecule has 49 heavy (non-hydrogen) atoms. The SMILES string of the molecule is CC(=O)OCC(C)CCCC(C)C1CCC2C3CC(O)C4(O)CC(OC5OCC(OC(C)=O)C(OC(C)=O)C5O)CCC4(C)C3CCC12C. The van der Waals surface area contributed by atoms with Gasteiger partial charge in [0.1, 0.15) is 6.10 Å². The molecule has 280 valence electrons. The summed E-state index contributed by atoms with van der Waals surface area (Å²) >= 11 is 0. The number of rotatable bonds is 11. The lowest BCUT2D eigenvalue weighted by molar-refractivity contribution is -0.312. The highest BCUT2D eigenvalue weighted by Gasteiger charge is 2.68. The van der Waals surface area contributed by atoms with Crippen molar-refractivity contribution in [2.24, 2.45) is 46.3 Å². The van der Waals surface area contributed by atoms with Gasteiger partial charge >= 0.3 is 17.9 Å². The first-order chi connectivity index (χ1) is 23.0. The average molecular weight is 695 g/mol. The molecule has 4 aliphatic carbocycles. The second-order valence-corrected chi connectivity index (χ2v) is 16.9. The number of esters is 3. The normalized spacial score (nSPS) is 44.4. The first-order valence-electron chi connectivity index (χ1n) is 18.8. The lowest BCUT2D eigenvalue weighted by atomic mass is 9.42. The third-order valence-electron chi connectivity index (χ3n) is 13.9. The Morgan fingerprint density at radius 2 is 1.61 bits per heavy atom. The van der Waals surface area contributed by atoms with Crippen LogP contribution in [0.5, 0.6) is 0 Å². The van der Waals surface area contributed by atoms with E-state index in [1.54, 1.807) is 0 Å². The lowest BCUT2D eigenvalue weighted by Crippen LogP contribution is -2.69. The van der Waals surface area contributed by atoms with Crippen LogP contribution in [0.2, 0.25) is 0 Å². The fourth-order valence-corrected chi connectivity index (χ4v) is 11.4. The van der Waals surface area contributed by atoms with Gasteiger partial charge in [0.05, 0.1) is 31.0 Å². The third kappa shape index (κ3) is 7.57. The number of hydrogen-bond acceptors (Lipinski definition) is 11. The maximum atomic E-state index is 12.4. The smallest absolute Gasteiger partial charge is 0.303 e. The molecule has 0 spiro atoms. The van der Waals surface area contributed by atoms with Gasteiger partial charge in [0.2, 0.25) is 0 Å². The monoisotopic (exact) mass is 694 g/mol. The van der Waals surface area contributed by atoms with E-state index in [0.29, 0.717) is 61.4 Å². The molecule has 0 aromatic rings. The molecule has 3 N–H and O–H groups in total. The Morgan fingerprint density at radius 3 is 2.29 bits per heavy atom. The van der Waals surface area contributed by atoms with Crippen molar-refractivity contribution in [2.45, 2.75) is 162 Å². The van der Waals surface area contributed by atoms with E-state index in [9.17, 15) is 29.7 Å². The molecule has 0 amide bonds. The Bertz CT molecular complexity index is 1190. The average Bonchev–Trinajstić information content (AvgIpc) is 3.38. The number of carbonyl (C=O) groups excluding carboxylic acids is 3. The molecule has 5 aliphatic rings. The highest BCUT2D eigenvalue weighted by molar-refractivity contribution is 5.67. The molecule has 0 aromatic heterocycles. The first kappa shape index (κ1) is 38.4. The molecule has 15 unspecified atom stereocenters. The van der Waals surface area contributed by atoms with Crippen molar-refractivity contribution < 1.29 is 53.4 Å². The number of aliphatic hydroxyl groups excluding tert-OH is 2. The maximum absolute atomic E-state index is 12.4. The van der Waals surface area contributed by atoms with Crippen molar-refractivity contribution in [3.63, 3.8) is 0 Å². The minimum Gasteiger partial charge on any atom is -0.466 e. The van der Waals surface area contributed by atoms with Gasteiger partial charge in [0.25, 0.3) is 0 Å². The number of fused-ring (bicyclic) bond motifs is 5. The molecule has 4 saturated carbocycles. The standard InChI is InChI=1S/C38H62O11/c1-21(19-45-23(3)39)9-8-10-22(2)28-11-12-29-27-17-32(42)38(44)18-26(13-16-37(38,7)30(27)14-15-36(28,29)6)49-35-33(43)34(48-25(5)41)31(20-46-35)47-24(4)40/h21-22,26-35,42-44H,8-20H2,1-7H3. The first-order valence-corrected chi connectivity index (χ1v) is 18.8. The second-order valence-electron chi connectivity index (χ2n) is 16.9. The van der Waals surface area contributed by atoms with Crippen molar-refractivity contribution in [1.82, 2.24) is 0 Å². The molecule has 1 aliphatic heterocycles. The van der Waals surface area contributed by atoms with Crippen molar-refractivity contribution in [3.05, 3.63) is 0 Å². The van der Waals surface area contributed by atoms with Gasteiger partial charge in [-0.15, -0.1) is 0 Å². The summed E-state index contributed by atoms with van der Waals surface area (Å²) in [5, 5.41) is 35.3. The van der Waals surface area contributed by atoms with Crippen LogP contribution < -0.4 is 0 Å². The van der Waals surface area contributed by atoms with Crippen LogP contribution in [0.1, 0.15) is 119 Å². The lowest BCUT2D eigenvalue weighted by Gasteiger charge is -2.65. The van der Waals surface area contributed by atoms with Crippen LogP contribution in [0.4, 0.5) is 0 Å². The summed E-state index contributed by atoms with van der Waals surface area (Å²) in [5.41, 5.74) is -1.62. The molecule has 11 nitrogen and oxygen atoms in total. The molecule has 1 heterocycles. The number of carbonyl (C=O) groups is 3. The Labute approximate surface area is 292 Å². The molecule has 0 bridgehead atoms. The summed E-state index contributed by atoms with van der Waals surface area (Å²) < 4.78 is 27.8. The van der Waals surface area contributed by atoms with Gasteiger partial charge < -0.3 is 39.0 Å². The van der Waals surface area contributed by atoms with Gasteiger partial charge in [0.15, 0.2) is 18.5 Å². The summed E-state index contributed by atoms with van der Waals surface area (Å²) in [6.07, 6.45) is 3.90. The van der Waals surface area contributed by atoms with Crippen LogP contribution in [0, 0.1) is 46.3 Å². The maximum Gasteiger partial charge on any atom is 0.303 e. The topological polar surface area (TPSA) is 158 Å². The van der Waals surface area contributed by atoms with Gasteiger partial charge in [-0.1, -0.05) is 40.5 Å². The van der Waals surface area contributed by atoms with Crippen molar-refractivity contribution >= 4 is 17.9 Å². The molecule has 15 atom stereocenters. The van der Waals surface area contributed by atoms with Crippen molar-refractivity contribution in [2.75, 3.05) is 13.2 Å². The highest BCUT2D eigenvalue weighted by Crippen LogP contribution is 2.69. The quantitative estimate of drug-likeness (QED) is 0.156. The fraction of sp³-hybridized carbons (Fsp3) is 0.921. The minimum atomic E-state index is -1.40. The summed E-state index contributed by atoms with van der Waals surface area (Å²) in [6.45, 7) is 13.5. The van der Waals surface area contributed by atoms with Gasteiger partial charge in [-0.05, 0) is 92.3 Å². The third-order valence-corrected chi connectivity index (χ3v) is 13.9. The van der Waals surface area contributed by atoms with Gasteiger partial charge in [-0.3, -0.25) is 14.4 Å². The van der Waals surface area contributed by atoms with Crippen LogP contribution in [-0.2, 0) is 38.1 Å². The molecular weight excluding hydrogens is 632 g/mol. The Balaban J connectivity index is 1.22. The molecule has 11 heteroatoms. The molecule has 5 rings (SSSR count). The Morgan fingerprint density at radius 1 is 0.898 bits per heavy atom. The summed E-state index contributed by atoms with van der Waals surface area (Å²) in [6, 6.07) is 0. The predicted molar refractivity (Wildman–Crippen MR) is 179 cm³/mol.